The summed E-state index contributed by atoms with van der Waals surface area (Å²) in [5, 5.41) is 1.63. The van der Waals surface area contributed by atoms with Gasteiger partial charge in [0.25, 0.3) is 0 Å². The van der Waals surface area contributed by atoms with Crippen LogP contribution in [0, 0.1) is 0 Å². The lowest BCUT2D eigenvalue weighted by Gasteiger charge is -2.10. The van der Waals surface area contributed by atoms with E-state index < -0.39 is 5.63 Å². The molecule has 0 fully saturated rings. The Kier molecular flexibility index (Phi) is 4.32. The minimum atomic E-state index is -0.449. The lowest BCUT2D eigenvalue weighted by atomic mass is 10.1. The van der Waals surface area contributed by atoms with Gasteiger partial charge in [-0.05, 0) is 44.2 Å². The molecule has 1 aliphatic heterocycles. The molecule has 1 atom stereocenters. The first-order valence-electron chi connectivity index (χ1n) is 8.63. The molecule has 6 nitrogen and oxygen atoms in total. The average molecular weight is 366 g/mol. The summed E-state index contributed by atoms with van der Waals surface area (Å²) in [7, 11) is 0. The fraction of sp³-hybridized carbons (Fsp3) is 0.238. The van der Waals surface area contributed by atoms with Gasteiger partial charge in [-0.3, -0.25) is 0 Å². The Morgan fingerprint density at radius 1 is 1.19 bits per heavy atom. The molecule has 1 unspecified atom stereocenters. The van der Waals surface area contributed by atoms with Crippen molar-refractivity contribution in [2.75, 3.05) is 6.61 Å². The first-order chi connectivity index (χ1) is 13.0. The summed E-state index contributed by atoms with van der Waals surface area (Å²) in [4.78, 5) is 23.1. The highest BCUT2D eigenvalue weighted by Crippen LogP contribution is 2.35. The minimum absolute atomic E-state index is 0.235. The second kappa shape index (κ2) is 6.79. The van der Waals surface area contributed by atoms with Gasteiger partial charge in [0.15, 0.2) is 11.2 Å². The molecule has 6 heteroatoms. The number of rotatable bonds is 5. The summed E-state index contributed by atoms with van der Waals surface area (Å²) in [5.41, 5.74) is 2.10. The number of cyclic esters (lactones) is 1. The minimum Gasteiger partial charge on any atom is -0.482 e. The van der Waals surface area contributed by atoms with Gasteiger partial charge in [-0.2, -0.15) is 0 Å². The molecule has 0 N–H and O–H groups in total. The molecule has 0 radical (unpaired) electrons. The standard InChI is InChI=1S/C21H18O6/c1-12(9-16-10-13(2)21(23)26-16)5-7-25-20-18-15(6-8-24-18)11-14-3-4-17(22)27-19(14)20/h3-6,8,10-11,16H,7,9H2,1-2H3/b12-5-. The van der Waals surface area contributed by atoms with E-state index in [4.69, 9.17) is 18.3 Å². The fourth-order valence-electron chi connectivity index (χ4n) is 3.12. The van der Waals surface area contributed by atoms with Crippen molar-refractivity contribution in [3.8, 4) is 5.75 Å². The van der Waals surface area contributed by atoms with Crippen LogP contribution < -0.4 is 10.4 Å². The van der Waals surface area contributed by atoms with E-state index in [1.54, 1.807) is 19.3 Å². The molecule has 27 heavy (non-hydrogen) atoms. The molecule has 2 aromatic heterocycles. The van der Waals surface area contributed by atoms with Crippen LogP contribution in [-0.2, 0) is 9.53 Å². The van der Waals surface area contributed by atoms with Crippen molar-refractivity contribution in [2.45, 2.75) is 26.4 Å². The van der Waals surface area contributed by atoms with E-state index in [0.29, 0.717) is 28.9 Å². The van der Waals surface area contributed by atoms with Crippen LogP contribution >= 0.6 is 0 Å². The molecule has 0 saturated carbocycles. The molecule has 138 valence electrons. The summed E-state index contributed by atoms with van der Waals surface area (Å²) in [6.45, 7) is 3.96. The van der Waals surface area contributed by atoms with Crippen molar-refractivity contribution < 1.29 is 23.1 Å². The number of ether oxygens (including phenoxy) is 2. The SMILES string of the molecule is CC1=CC(C/C(C)=C\COc2c3occc3cc3ccc(=O)oc23)OC1=O. The van der Waals surface area contributed by atoms with E-state index in [9.17, 15) is 9.59 Å². The van der Waals surface area contributed by atoms with Gasteiger partial charge in [0, 0.05) is 28.8 Å². The fourth-order valence-corrected chi connectivity index (χ4v) is 3.12. The summed E-state index contributed by atoms with van der Waals surface area (Å²) in [6.07, 6.45) is 5.67. The van der Waals surface area contributed by atoms with Crippen molar-refractivity contribution in [2.24, 2.45) is 0 Å². The first kappa shape index (κ1) is 17.1. The highest BCUT2D eigenvalue weighted by molar-refractivity contribution is 5.99. The van der Waals surface area contributed by atoms with Crippen LogP contribution in [0.15, 0.2) is 67.5 Å². The van der Waals surface area contributed by atoms with Gasteiger partial charge < -0.3 is 18.3 Å². The third-order valence-electron chi connectivity index (χ3n) is 4.48. The van der Waals surface area contributed by atoms with Gasteiger partial charge in [-0.15, -0.1) is 0 Å². The molecule has 3 aromatic rings. The van der Waals surface area contributed by atoms with Gasteiger partial charge in [0.05, 0.1) is 6.26 Å². The number of esters is 1. The highest BCUT2D eigenvalue weighted by atomic mass is 16.5. The second-order valence-electron chi connectivity index (χ2n) is 6.58. The number of benzene rings is 1. The molecule has 0 amide bonds. The molecule has 0 bridgehead atoms. The zero-order valence-corrected chi connectivity index (χ0v) is 15.0. The largest absolute Gasteiger partial charge is 0.482 e. The number of carbonyl (C=O) groups is 1. The Bertz CT molecular complexity index is 1140. The zero-order chi connectivity index (χ0) is 19.0. The number of furan rings is 1. The van der Waals surface area contributed by atoms with Crippen LogP contribution in [0.5, 0.6) is 5.75 Å². The topological polar surface area (TPSA) is 78.9 Å². The predicted molar refractivity (Wildman–Crippen MR) is 99.8 cm³/mol. The van der Waals surface area contributed by atoms with E-state index in [1.807, 2.05) is 31.2 Å². The lowest BCUT2D eigenvalue weighted by molar-refractivity contribution is -0.139. The quantitative estimate of drug-likeness (QED) is 0.384. The van der Waals surface area contributed by atoms with Crippen LogP contribution in [0.25, 0.3) is 21.9 Å². The Hall–Kier alpha value is -3.28. The Labute approximate surface area is 154 Å². The lowest BCUT2D eigenvalue weighted by Crippen LogP contribution is -2.08. The molecule has 0 saturated heterocycles. The maximum absolute atomic E-state index is 11.6. The molecular weight excluding hydrogens is 348 g/mol. The number of hydrogen-bond donors (Lipinski definition) is 0. The number of hydrogen-bond acceptors (Lipinski definition) is 6. The summed E-state index contributed by atoms with van der Waals surface area (Å²) < 4.78 is 22.0. The van der Waals surface area contributed by atoms with Crippen LogP contribution in [0.1, 0.15) is 20.3 Å². The maximum atomic E-state index is 11.6. The van der Waals surface area contributed by atoms with Gasteiger partial charge in [0.1, 0.15) is 12.7 Å². The molecule has 1 aromatic carbocycles. The van der Waals surface area contributed by atoms with Crippen molar-refractivity contribution in [3.05, 3.63) is 64.2 Å². The van der Waals surface area contributed by atoms with Crippen LogP contribution in [0.4, 0.5) is 0 Å². The van der Waals surface area contributed by atoms with Gasteiger partial charge in [-0.1, -0.05) is 5.57 Å². The van der Waals surface area contributed by atoms with Crippen LogP contribution in [-0.4, -0.2) is 18.7 Å². The third kappa shape index (κ3) is 3.38. The van der Waals surface area contributed by atoms with E-state index in [2.05, 4.69) is 0 Å². The van der Waals surface area contributed by atoms with Gasteiger partial charge >= 0.3 is 11.6 Å². The van der Waals surface area contributed by atoms with Crippen LogP contribution in [0.3, 0.4) is 0 Å². The van der Waals surface area contributed by atoms with Crippen LogP contribution in [0.2, 0.25) is 0 Å². The van der Waals surface area contributed by atoms with Crippen molar-refractivity contribution in [1.29, 1.82) is 0 Å². The zero-order valence-electron chi connectivity index (χ0n) is 15.0. The molecule has 3 heterocycles. The third-order valence-corrected chi connectivity index (χ3v) is 4.48. The normalized spacial score (nSPS) is 17.4. The number of fused-ring (bicyclic) bond motifs is 2. The molecule has 4 rings (SSSR count). The Morgan fingerprint density at radius 2 is 2.00 bits per heavy atom. The summed E-state index contributed by atoms with van der Waals surface area (Å²) in [5.74, 6) is 0.132. The molecule has 1 aliphatic rings. The van der Waals surface area contributed by atoms with Gasteiger partial charge in [-0.25, -0.2) is 9.59 Å². The van der Waals surface area contributed by atoms with E-state index >= 15 is 0 Å². The molecule has 0 aliphatic carbocycles. The van der Waals surface area contributed by atoms with Crippen molar-refractivity contribution >= 4 is 27.9 Å². The molecule has 0 spiro atoms. The average Bonchev–Trinajstić information content (AvgIpc) is 3.21. The van der Waals surface area contributed by atoms with E-state index in [-0.39, 0.29) is 18.7 Å². The summed E-state index contributed by atoms with van der Waals surface area (Å²) >= 11 is 0. The smallest absolute Gasteiger partial charge is 0.336 e. The van der Waals surface area contributed by atoms with Crippen molar-refractivity contribution in [1.82, 2.24) is 0 Å². The van der Waals surface area contributed by atoms with Crippen molar-refractivity contribution in [3.63, 3.8) is 0 Å². The predicted octanol–water partition coefficient (Wildman–Crippen LogP) is 4.13. The monoisotopic (exact) mass is 366 g/mol. The number of carbonyl (C=O) groups excluding carboxylic acids is 1. The Morgan fingerprint density at radius 3 is 2.78 bits per heavy atom. The van der Waals surface area contributed by atoms with E-state index in [0.717, 1.165) is 16.3 Å². The summed E-state index contributed by atoms with van der Waals surface area (Å²) in [6, 6.07) is 6.79. The van der Waals surface area contributed by atoms with E-state index in [1.165, 1.54) is 6.07 Å². The Balaban J connectivity index is 1.56. The maximum Gasteiger partial charge on any atom is 0.336 e. The highest BCUT2D eigenvalue weighted by Gasteiger charge is 2.22. The molecular formula is C21H18O6. The first-order valence-corrected chi connectivity index (χ1v) is 8.63. The second-order valence-corrected chi connectivity index (χ2v) is 6.58. The van der Waals surface area contributed by atoms with Gasteiger partial charge in [0.2, 0.25) is 5.75 Å².